The predicted octanol–water partition coefficient (Wildman–Crippen LogP) is 3.26. The van der Waals surface area contributed by atoms with Gasteiger partial charge in [0.15, 0.2) is 5.11 Å². The Hall–Kier alpha value is -2.38. The summed E-state index contributed by atoms with van der Waals surface area (Å²) in [5, 5.41) is 9.12. The third-order valence-electron chi connectivity index (χ3n) is 5.06. The van der Waals surface area contributed by atoms with Crippen molar-refractivity contribution in [1.29, 1.82) is 0 Å². The number of aromatic nitrogens is 1. The van der Waals surface area contributed by atoms with Crippen molar-refractivity contribution >= 4 is 46.0 Å². The standard InChI is InChI=1S/C20H23ClN6S/c1-14-2-4-16(5-3-14)26-8-10-27(11-9-26)20(28)25-24-17-6-7-22-18-12-15(21)13-23-19(17)18/h2-5,12-13,22H,6-11H2,1H3,(H,25,28)/b24-17-. The molecule has 8 heteroatoms. The molecule has 0 bridgehead atoms. The Bertz CT molecular complexity index is 890. The van der Waals surface area contributed by atoms with Crippen molar-refractivity contribution in [3.8, 4) is 0 Å². The van der Waals surface area contributed by atoms with E-state index in [0.29, 0.717) is 10.1 Å². The molecule has 1 aromatic heterocycles. The average Bonchev–Trinajstić information content (AvgIpc) is 2.72. The topological polar surface area (TPSA) is 55.8 Å². The summed E-state index contributed by atoms with van der Waals surface area (Å²) >= 11 is 11.6. The number of rotatable bonds is 2. The maximum Gasteiger partial charge on any atom is 0.189 e. The minimum Gasteiger partial charge on any atom is -0.383 e. The molecule has 2 N–H and O–H groups in total. The summed E-state index contributed by atoms with van der Waals surface area (Å²) in [5.41, 5.74) is 8.25. The van der Waals surface area contributed by atoms with Crippen molar-refractivity contribution in [2.45, 2.75) is 13.3 Å². The first kappa shape index (κ1) is 19.0. The molecule has 2 aliphatic rings. The van der Waals surface area contributed by atoms with Crippen LogP contribution in [0.5, 0.6) is 0 Å². The second-order valence-electron chi connectivity index (χ2n) is 7.01. The molecule has 0 saturated carbocycles. The number of hydrogen-bond donors (Lipinski definition) is 2. The number of fused-ring (bicyclic) bond motifs is 1. The van der Waals surface area contributed by atoms with Gasteiger partial charge in [-0.15, -0.1) is 0 Å². The highest BCUT2D eigenvalue weighted by atomic mass is 35.5. The molecule has 2 aromatic rings. The first-order valence-electron chi connectivity index (χ1n) is 9.43. The van der Waals surface area contributed by atoms with Crippen LogP contribution in [-0.4, -0.2) is 53.4 Å². The van der Waals surface area contributed by atoms with E-state index in [4.69, 9.17) is 23.8 Å². The average molecular weight is 415 g/mol. The molecule has 1 fully saturated rings. The quantitative estimate of drug-likeness (QED) is 0.581. The van der Waals surface area contributed by atoms with Crippen LogP contribution in [0.1, 0.15) is 17.7 Å². The molecule has 1 saturated heterocycles. The lowest BCUT2D eigenvalue weighted by Gasteiger charge is -2.37. The summed E-state index contributed by atoms with van der Waals surface area (Å²) < 4.78 is 0. The van der Waals surface area contributed by atoms with Gasteiger partial charge >= 0.3 is 0 Å². The van der Waals surface area contributed by atoms with Gasteiger partial charge in [-0.1, -0.05) is 29.3 Å². The normalized spacial score (nSPS) is 17.9. The monoisotopic (exact) mass is 414 g/mol. The highest BCUT2D eigenvalue weighted by molar-refractivity contribution is 7.80. The minimum atomic E-state index is 0.613. The molecule has 4 rings (SSSR count). The molecule has 0 unspecified atom stereocenters. The van der Waals surface area contributed by atoms with Gasteiger partial charge in [0.1, 0.15) is 5.69 Å². The number of hydrazone groups is 1. The van der Waals surface area contributed by atoms with Crippen LogP contribution in [0.2, 0.25) is 5.02 Å². The summed E-state index contributed by atoms with van der Waals surface area (Å²) in [6.07, 6.45) is 2.43. The summed E-state index contributed by atoms with van der Waals surface area (Å²) in [6.45, 7) is 6.53. The smallest absolute Gasteiger partial charge is 0.189 e. The highest BCUT2D eigenvalue weighted by Gasteiger charge is 2.20. The number of thiocarbonyl (C=S) groups is 1. The van der Waals surface area contributed by atoms with E-state index in [1.807, 2.05) is 6.07 Å². The Morgan fingerprint density at radius 3 is 2.71 bits per heavy atom. The molecule has 3 heterocycles. The lowest BCUT2D eigenvalue weighted by atomic mass is 10.1. The van der Waals surface area contributed by atoms with Gasteiger partial charge in [-0.2, -0.15) is 5.10 Å². The Morgan fingerprint density at radius 1 is 1.21 bits per heavy atom. The van der Waals surface area contributed by atoms with Gasteiger partial charge in [0, 0.05) is 51.0 Å². The maximum absolute atomic E-state index is 6.03. The molecule has 1 aromatic carbocycles. The molecule has 0 atom stereocenters. The van der Waals surface area contributed by atoms with Crippen molar-refractivity contribution in [2.24, 2.45) is 5.10 Å². The van der Waals surface area contributed by atoms with Crippen LogP contribution >= 0.6 is 23.8 Å². The van der Waals surface area contributed by atoms with Crippen molar-refractivity contribution in [2.75, 3.05) is 42.9 Å². The fourth-order valence-electron chi connectivity index (χ4n) is 3.46. The number of nitrogens with one attached hydrogen (secondary N) is 2. The Labute approximate surface area is 175 Å². The number of piperazine rings is 1. The van der Waals surface area contributed by atoms with E-state index >= 15 is 0 Å². The van der Waals surface area contributed by atoms with E-state index in [1.54, 1.807) is 6.20 Å². The van der Waals surface area contributed by atoms with E-state index in [-0.39, 0.29) is 0 Å². The summed E-state index contributed by atoms with van der Waals surface area (Å²) in [7, 11) is 0. The second-order valence-corrected chi connectivity index (χ2v) is 7.83. The van der Waals surface area contributed by atoms with Crippen LogP contribution in [0.4, 0.5) is 11.4 Å². The Kier molecular flexibility index (Phi) is 5.64. The zero-order valence-corrected chi connectivity index (χ0v) is 17.4. The Morgan fingerprint density at radius 2 is 1.96 bits per heavy atom. The van der Waals surface area contributed by atoms with E-state index < -0.39 is 0 Å². The SMILES string of the molecule is Cc1ccc(N2CCN(C(=S)N/N=C3/CCNc4cc(Cl)cnc43)CC2)cc1. The molecule has 28 heavy (non-hydrogen) atoms. The molecular formula is C20H23ClN6S. The van der Waals surface area contributed by atoms with Gasteiger partial charge in [0.25, 0.3) is 0 Å². The minimum absolute atomic E-state index is 0.613. The van der Waals surface area contributed by atoms with Gasteiger partial charge in [-0.3, -0.25) is 10.4 Å². The molecule has 146 valence electrons. The van der Waals surface area contributed by atoms with Crippen LogP contribution in [-0.2, 0) is 0 Å². The lowest BCUT2D eigenvalue weighted by molar-refractivity contribution is 0.381. The van der Waals surface area contributed by atoms with Gasteiger partial charge in [0.05, 0.1) is 16.4 Å². The van der Waals surface area contributed by atoms with Crippen LogP contribution in [0.3, 0.4) is 0 Å². The maximum atomic E-state index is 6.03. The third-order valence-corrected chi connectivity index (χ3v) is 5.61. The molecule has 6 nitrogen and oxygen atoms in total. The van der Waals surface area contributed by atoms with Gasteiger partial charge < -0.3 is 15.1 Å². The number of hydrogen-bond acceptors (Lipinski definition) is 5. The number of benzene rings is 1. The van der Waals surface area contributed by atoms with Crippen LogP contribution in [0, 0.1) is 6.92 Å². The van der Waals surface area contributed by atoms with Gasteiger partial charge in [-0.25, -0.2) is 0 Å². The fraction of sp³-hybridized carbons (Fsp3) is 0.350. The number of halogens is 1. The first-order chi connectivity index (χ1) is 13.6. The molecular weight excluding hydrogens is 392 g/mol. The van der Waals surface area contributed by atoms with E-state index in [9.17, 15) is 0 Å². The largest absolute Gasteiger partial charge is 0.383 e. The van der Waals surface area contributed by atoms with Crippen LogP contribution in [0.25, 0.3) is 0 Å². The molecule has 0 aliphatic carbocycles. The first-order valence-corrected chi connectivity index (χ1v) is 10.2. The summed E-state index contributed by atoms with van der Waals surface area (Å²) in [6, 6.07) is 10.5. The highest BCUT2D eigenvalue weighted by Crippen LogP contribution is 2.23. The van der Waals surface area contributed by atoms with E-state index in [1.165, 1.54) is 11.3 Å². The number of anilines is 2. The molecule has 2 aliphatic heterocycles. The predicted molar refractivity (Wildman–Crippen MR) is 120 cm³/mol. The number of pyridine rings is 1. The van der Waals surface area contributed by atoms with Gasteiger partial charge in [-0.05, 0) is 37.3 Å². The molecule has 0 radical (unpaired) electrons. The Balaban J connectivity index is 1.35. The van der Waals surface area contributed by atoms with Crippen molar-refractivity contribution < 1.29 is 0 Å². The second kappa shape index (κ2) is 8.32. The van der Waals surface area contributed by atoms with Gasteiger partial charge in [0.2, 0.25) is 0 Å². The fourth-order valence-corrected chi connectivity index (χ4v) is 3.84. The summed E-state index contributed by atoms with van der Waals surface area (Å²) in [4.78, 5) is 8.97. The third kappa shape index (κ3) is 4.20. The van der Waals surface area contributed by atoms with Crippen molar-refractivity contribution in [3.05, 3.63) is 52.8 Å². The zero-order valence-electron chi connectivity index (χ0n) is 15.8. The van der Waals surface area contributed by atoms with Crippen molar-refractivity contribution in [3.63, 3.8) is 0 Å². The molecule has 0 spiro atoms. The number of aryl methyl sites for hydroxylation is 1. The molecule has 0 amide bonds. The lowest BCUT2D eigenvalue weighted by Crippen LogP contribution is -2.51. The van der Waals surface area contributed by atoms with Crippen molar-refractivity contribution in [1.82, 2.24) is 15.3 Å². The summed E-state index contributed by atoms with van der Waals surface area (Å²) in [5.74, 6) is 0. The number of nitrogens with zero attached hydrogens (tertiary/aromatic N) is 4. The zero-order chi connectivity index (χ0) is 19.5. The van der Waals surface area contributed by atoms with Crippen LogP contribution < -0.4 is 15.6 Å². The van der Waals surface area contributed by atoms with Crippen LogP contribution in [0.15, 0.2) is 41.6 Å². The van der Waals surface area contributed by atoms with E-state index in [0.717, 1.165) is 56.2 Å². The van der Waals surface area contributed by atoms with E-state index in [2.05, 4.69) is 61.8 Å².